The van der Waals surface area contributed by atoms with Crippen LogP contribution in [0.15, 0.2) is 9.32 Å². The fourth-order valence-electron chi connectivity index (χ4n) is 4.35. The van der Waals surface area contributed by atoms with Crippen molar-refractivity contribution in [2.45, 2.75) is 56.8 Å². The second-order valence-electron chi connectivity index (χ2n) is 7.37. The van der Waals surface area contributed by atoms with E-state index in [2.05, 4.69) is 19.9 Å². The van der Waals surface area contributed by atoms with Gasteiger partial charge in [-0.25, -0.2) is 0 Å². The van der Waals surface area contributed by atoms with Crippen molar-refractivity contribution in [3.63, 3.8) is 0 Å². The predicted molar refractivity (Wildman–Crippen MR) is 95.8 cm³/mol. The highest BCUT2D eigenvalue weighted by atomic mass is 16.5. The summed E-state index contributed by atoms with van der Waals surface area (Å²) in [6.07, 6.45) is 4.93. The fourth-order valence-corrected chi connectivity index (χ4v) is 4.35. The molecule has 4 rings (SSSR count). The van der Waals surface area contributed by atoms with Gasteiger partial charge in [0.1, 0.15) is 5.78 Å². The average Bonchev–Trinajstić information content (AvgIpc) is 3.12. The summed E-state index contributed by atoms with van der Waals surface area (Å²) in [7, 11) is 1.19. The molecule has 2 aromatic heterocycles. The lowest BCUT2D eigenvalue weighted by molar-refractivity contribution is -0.139. The Kier molecular flexibility index (Phi) is 4.52. The summed E-state index contributed by atoms with van der Waals surface area (Å²) in [6, 6.07) is 0. The number of carbonyl (C=O) groups is 2. The first-order chi connectivity index (χ1) is 13.5. The van der Waals surface area contributed by atoms with Crippen LogP contribution in [-0.4, -0.2) is 39.1 Å². The number of aromatic hydroxyl groups is 1. The second-order valence-corrected chi connectivity index (χ2v) is 7.37. The van der Waals surface area contributed by atoms with Crippen molar-refractivity contribution in [2.75, 3.05) is 7.11 Å². The molecule has 1 fully saturated rings. The largest absolute Gasteiger partial charge is 0.493 e. The van der Waals surface area contributed by atoms with E-state index in [0.717, 1.165) is 37.7 Å². The van der Waals surface area contributed by atoms with E-state index in [4.69, 9.17) is 4.52 Å². The van der Waals surface area contributed by atoms with E-state index in [-0.39, 0.29) is 23.6 Å². The number of ketones is 1. The molecule has 2 aliphatic rings. The molecular weight excluding hydrogens is 366 g/mol. The van der Waals surface area contributed by atoms with Crippen LogP contribution in [0.3, 0.4) is 0 Å². The number of hydrogen-bond donors (Lipinski definition) is 2. The number of rotatable bonds is 3. The number of Topliss-reactive ketones (excluding diaryl/α,β-unsaturated/α-hetero) is 1. The van der Waals surface area contributed by atoms with Crippen molar-refractivity contribution in [1.82, 2.24) is 15.1 Å². The zero-order valence-electron chi connectivity index (χ0n) is 15.5. The van der Waals surface area contributed by atoms with Crippen LogP contribution in [0.25, 0.3) is 11.5 Å². The van der Waals surface area contributed by atoms with Crippen LogP contribution in [0.5, 0.6) is 5.88 Å². The molecule has 0 radical (unpaired) electrons. The van der Waals surface area contributed by atoms with Crippen molar-refractivity contribution < 1.29 is 24.0 Å². The number of nitrogens with zero attached hydrogens (tertiary/aromatic N) is 2. The maximum atomic E-state index is 12.7. The van der Waals surface area contributed by atoms with E-state index in [9.17, 15) is 19.5 Å². The number of aromatic amines is 1. The molecular formula is C19H21N3O6. The molecule has 0 aliphatic heterocycles. The van der Waals surface area contributed by atoms with Gasteiger partial charge >= 0.3 is 5.97 Å². The van der Waals surface area contributed by atoms with Gasteiger partial charge in [0.05, 0.1) is 24.5 Å². The monoisotopic (exact) mass is 387 g/mol. The van der Waals surface area contributed by atoms with Gasteiger partial charge in [0.2, 0.25) is 5.88 Å². The predicted octanol–water partition coefficient (Wildman–Crippen LogP) is 1.56. The van der Waals surface area contributed by atoms with Gasteiger partial charge in [0.25, 0.3) is 5.56 Å². The Labute approximate surface area is 160 Å². The molecule has 0 aromatic carbocycles. The molecule has 2 aliphatic carbocycles. The van der Waals surface area contributed by atoms with Crippen molar-refractivity contribution >= 4 is 11.8 Å². The highest BCUT2D eigenvalue weighted by Crippen LogP contribution is 2.47. The van der Waals surface area contributed by atoms with Gasteiger partial charge in [0.15, 0.2) is 17.3 Å². The lowest BCUT2D eigenvalue weighted by Crippen LogP contribution is -2.41. The molecule has 0 amide bonds. The first-order valence-corrected chi connectivity index (χ1v) is 9.38. The molecule has 0 bridgehead atoms. The number of H-pyrrole nitrogens is 1. The molecule has 2 aromatic rings. The lowest BCUT2D eigenvalue weighted by atomic mass is 9.64. The Morgan fingerprint density at radius 2 is 2.04 bits per heavy atom. The summed E-state index contributed by atoms with van der Waals surface area (Å²) < 4.78 is 10.1. The van der Waals surface area contributed by atoms with Gasteiger partial charge < -0.3 is 19.4 Å². The van der Waals surface area contributed by atoms with Crippen molar-refractivity contribution in [1.29, 1.82) is 0 Å². The molecule has 2 N–H and O–H groups in total. The summed E-state index contributed by atoms with van der Waals surface area (Å²) in [6.45, 7) is 0. The standard InChI is InChI=1S/C19H21N3O6/c1-27-13(24)9-11-17(25)20-16(21-18(11)26)14-10-5-4-8-19(15(10)28-22-14)7-3-2-6-12(19)23/h2-9H2,1H3,(H2,20,21,25,26)/t19-/m1/s1. The molecule has 1 spiro atoms. The third kappa shape index (κ3) is 2.81. The summed E-state index contributed by atoms with van der Waals surface area (Å²) >= 11 is 0. The van der Waals surface area contributed by atoms with Gasteiger partial charge in [-0.05, 0) is 32.1 Å². The lowest BCUT2D eigenvalue weighted by Gasteiger charge is -2.36. The van der Waals surface area contributed by atoms with Gasteiger partial charge in [-0.1, -0.05) is 11.6 Å². The Morgan fingerprint density at radius 3 is 2.75 bits per heavy atom. The smallest absolute Gasteiger partial charge is 0.310 e. The van der Waals surface area contributed by atoms with Crippen LogP contribution in [0, 0.1) is 0 Å². The molecule has 2 heterocycles. The fraction of sp³-hybridized carbons (Fsp3) is 0.526. The molecule has 148 valence electrons. The molecule has 28 heavy (non-hydrogen) atoms. The van der Waals surface area contributed by atoms with E-state index < -0.39 is 22.8 Å². The van der Waals surface area contributed by atoms with E-state index in [1.807, 2.05) is 0 Å². The van der Waals surface area contributed by atoms with E-state index >= 15 is 0 Å². The van der Waals surface area contributed by atoms with Gasteiger partial charge in [-0.3, -0.25) is 14.4 Å². The van der Waals surface area contributed by atoms with Crippen LogP contribution in [0.4, 0.5) is 0 Å². The normalized spacial score (nSPS) is 21.5. The maximum Gasteiger partial charge on any atom is 0.310 e. The first-order valence-electron chi connectivity index (χ1n) is 9.38. The second kappa shape index (κ2) is 6.88. The van der Waals surface area contributed by atoms with Crippen LogP contribution >= 0.6 is 0 Å². The number of nitrogens with one attached hydrogen (secondary N) is 1. The third-order valence-electron chi connectivity index (χ3n) is 5.81. The van der Waals surface area contributed by atoms with Crippen molar-refractivity contribution in [3.8, 4) is 17.4 Å². The minimum absolute atomic E-state index is 0.0569. The third-order valence-corrected chi connectivity index (χ3v) is 5.81. The quantitative estimate of drug-likeness (QED) is 0.758. The number of fused-ring (bicyclic) bond motifs is 2. The van der Waals surface area contributed by atoms with E-state index in [0.29, 0.717) is 24.3 Å². The number of ether oxygens (including phenoxy) is 1. The van der Waals surface area contributed by atoms with E-state index in [1.54, 1.807) is 0 Å². The molecule has 0 saturated heterocycles. The topological polar surface area (TPSA) is 135 Å². The zero-order chi connectivity index (χ0) is 19.9. The number of esters is 1. The minimum atomic E-state index is -0.660. The SMILES string of the molecule is COC(=O)Cc1c(O)nc(-c2noc3c2CCC[C@@]32CCCCC2=O)[nH]c1=O. The average molecular weight is 387 g/mol. The Bertz CT molecular complexity index is 1010. The Morgan fingerprint density at radius 1 is 1.25 bits per heavy atom. The molecule has 0 unspecified atom stereocenters. The Hall–Kier alpha value is -2.97. The van der Waals surface area contributed by atoms with Gasteiger partial charge in [-0.2, -0.15) is 4.98 Å². The highest BCUT2D eigenvalue weighted by molar-refractivity contribution is 5.91. The summed E-state index contributed by atoms with van der Waals surface area (Å²) in [5.74, 6) is -0.409. The van der Waals surface area contributed by atoms with Crippen molar-refractivity contribution in [3.05, 3.63) is 27.2 Å². The van der Waals surface area contributed by atoms with Crippen LogP contribution in [0.2, 0.25) is 0 Å². The molecule has 9 nitrogen and oxygen atoms in total. The highest BCUT2D eigenvalue weighted by Gasteiger charge is 2.48. The number of aromatic nitrogens is 3. The van der Waals surface area contributed by atoms with Gasteiger partial charge in [0, 0.05) is 12.0 Å². The van der Waals surface area contributed by atoms with Gasteiger partial charge in [-0.15, -0.1) is 0 Å². The number of carbonyl (C=O) groups excluding carboxylic acids is 2. The Balaban J connectivity index is 1.76. The van der Waals surface area contributed by atoms with Crippen LogP contribution < -0.4 is 5.56 Å². The number of hydrogen-bond acceptors (Lipinski definition) is 8. The molecule has 1 saturated carbocycles. The van der Waals surface area contributed by atoms with Crippen LogP contribution in [-0.2, 0) is 32.6 Å². The zero-order valence-corrected chi connectivity index (χ0v) is 15.5. The summed E-state index contributed by atoms with van der Waals surface area (Å²) in [4.78, 5) is 43.1. The van der Waals surface area contributed by atoms with E-state index in [1.165, 1.54) is 7.11 Å². The molecule has 9 heteroatoms. The summed E-state index contributed by atoms with van der Waals surface area (Å²) in [5, 5.41) is 14.2. The van der Waals surface area contributed by atoms with Crippen LogP contribution in [0.1, 0.15) is 55.4 Å². The van der Waals surface area contributed by atoms with Crippen molar-refractivity contribution in [2.24, 2.45) is 0 Å². The molecule has 1 atom stereocenters. The minimum Gasteiger partial charge on any atom is -0.493 e. The number of methoxy groups -OCH3 is 1. The summed E-state index contributed by atoms with van der Waals surface area (Å²) in [5.41, 5.74) is -0.380. The first kappa shape index (κ1) is 18.4. The maximum absolute atomic E-state index is 12.7.